The summed E-state index contributed by atoms with van der Waals surface area (Å²) in [6, 6.07) is 5.37. The fourth-order valence-electron chi connectivity index (χ4n) is 3.70. The molecule has 2 aromatic rings. The molecule has 2 N–H and O–H groups in total. The first-order valence-electron chi connectivity index (χ1n) is 10.9. The molecule has 3 rings (SSSR count). The van der Waals surface area contributed by atoms with E-state index in [0.717, 1.165) is 37.7 Å². The second-order valence-corrected chi connectivity index (χ2v) is 10.1. The molecule has 1 unspecified atom stereocenters. The minimum absolute atomic E-state index is 0.174. The molecule has 0 radical (unpaired) electrons. The molecule has 1 aliphatic heterocycles. The summed E-state index contributed by atoms with van der Waals surface area (Å²) in [6.45, 7) is 2.77. The monoisotopic (exact) mass is 514 g/mol. The number of carbonyl (C=O) groups excluding carboxylic acids is 1. The third-order valence-corrected chi connectivity index (χ3v) is 6.00. The van der Waals surface area contributed by atoms with Gasteiger partial charge in [0.2, 0.25) is 15.9 Å². The summed E-state index contributed by atoms with van der Waals surface area (Å²) in [6.07, 6.45) is 1.58. The minimum Gasteiger partial charge on any atom is -0.356 e. The van der Waals surface area contributed by atoms with E-state index in [-0.39, 0.29) is 11.5 Å². The van der Waals surface area contributed by atoms with Gasteiger partial charge in [-0.15, -0.1) is 0 Å². The molecule has 1 aromatic heterocycles. The van der Waals surface area contributed by atoms with Gasteiger partial charge in [-0.3, -0.25) is 9.52 Å². The lowest BCUT2D eigenvalue weighted by Crippen LogP contribution is -2.31. The highest BCUT2D eigenvalue weighted by Gasteiger charge is 2.33. The highest BCUT2D eigenvalue weighted by molar-refractivity contribution is 7.92. The lowest BCUT2D eigenvalue weighted by Gasteiger charge is -2.29. The van der Waals surface area contributed by atoms with E-state index in [2.05, 4.69) is 15.0 Å². The van der Waals surface area contributed by atoms with Crippen LogP contribution in [0.1, 0.15) is 49.0 Å². The van der Waals surface area contributed by atoms with Crippen molar-refractivity contribution < 1.29 is 30.8 Å². The van der Waals surface area contributed by atoms with E-state index >= 15 is 0 Å². The van der Waals surface area contributed by atoms with E-state index in [0.29, 0.717) is 24.2 Å². The number of rotatable bonds is 7. The van der Waals surface area contributed by atoms with Gasteiger partial charge in [-0.25, -0.2) is 17.8 Å². The van der Waals surface area contributed by atoms with Crippen LogP contribution in [0.25, 0.3) is 6.08 Å². The Kier molecular flexibility index (Phi) is 8.04. The molecule has 35 heavy (non-hydrogen) atoms. The van der Waals surface area contributed by atoms with Gasteiger partial charge in [-0.1, -0.05) is 6.07 Å². The van der Waals surface area contributed by atoms with Crippen molar-refractivity contribution in [2.75, 3.05) is 29.0 Å². The average Bonchev–Trinajstić information content (AvgIpc) is 2.78. The fourth-order valence-corrected chi connectivity index (χ4v) is 4.26. The number of benzene rings is 1. The summed E-state index contributed by atoms with van der Waals surface area (Å²) in [5.74, 6) is -1.17. The first-order chi connectivity index (χ1) is 16.3. The second kappa shape index (κ2) is 10.6. The van der Waals surface area contributed by atoms with Gasteiger partial charge in [0, 0.05) is 24.7 Å². The van der Waals surface area contributed by atoms with Crippen LogP contribution < -0.4 is 14.9 Å². The third-order valence-electron chi connectivity index (χ3n) is 5.41. The van der Waals surface area contributed by atoms with Gasteiger partial charge in [-0.2, -0.15) is 13.2 Å². The van der Waals surface area contributed by atoms with Gasteiger partial charge in [-0.05, 0) is 62.1 Å². The first kappa shape index (κ1) is 26.5. The normalized spacial score (nSPS) is 15.8. The molecule has 12 heteroatoms. The Balaban J connectivity index is 1.75. The molecule has 0 spiro atoms. The number of aromatic nitrogens is 1. The molecular weight excluding hydrogens is 488 g/mol. The Morgan fingerprint density at radius 1 is 1.14 bits per heavy atom. The van der Waals surface area contributed by atoms with E-state index in [9.17, 15) is 30.8 Å². The van der Waals surface area contributed by atoms with Crippen molar-refractivity contribution in [2.45, 2.75) is 38.4 Å². The highest BCUT2D eigenvalue weighted by atomic mass is 32.2. The van der Waals surface area contributed by atoms with Crippen LogP contribution in [0.4, 0.5) is 29.1 Å². The predicted molar refractivity (Wildman–Crippen MR) is 126 cm³/mol. The molecule has 0 aliphatic carbocycles. The number of nitrogens with zero attached hydrogens (tertiary/aromatic N) is 2. The summed E-state index contributed by atoms with van der Waals surface area (Å²) in [5.41, 5.74) is -0.433. The largest absolute Gasteiger partial charge is 0.433 e. The Bertz CT molecular complexity index is 1210. The molecule has 1 saturated heterocycles. The minimum atomic E-state index is -4.58. The smallest absolute Gasteiger partial charge is 0.356 e. The SMILES string of the molecule is CC(NC(=O)C=Cc1ccc(C(F)(F)F)nc1N1CCCCC1)c1ccc(NS(C)(=O)=O)c(F)c1. The van der Waals surface area contributed by atoms with Crippen molar-refractivity contribution in [3.63, 3.8) is 0 Å². The summed E-state index contributed by atoms with van der Waals surface area (Å²) < 4.78 is 78.5. The maximum Gasteiger partial charge on any atom is 0.433 e. The van der Waals surface area contributed by atoms with Crippen LogP contribution in [0.5, 0.6) is 0 Å². The van der Waals surface area contributed by atoms with Crippen molar-refractivity contribution in [3.05, 3.63) is 59.0 Å². The fraction of sp³-hybridized carbons (Fsp3) is 0.391. The molecule has 2 heterocycles. The van der Waals surface area contributed by atoms with Crippen molar-refractivity contribution in [2.24, 2.45) is 0 Å². The molecule has 190 valence electrons. The van der Waals surface area contributed by atoms with Crippen LogP contribution in [-0.2, 0) is 21.0 Å². The number of halogens is 4. The molecule has 7 nitrogen and oxygen atoms in total. The molecule has 1 amide bonds. The molecule has 1 atom stereocenters. The number of amides is 1. The molecule has 1 aliphatic rings. The van der Waals surface area contributed by atoms with Crippen LogP contribution in [0.3, 0.4) is 0 Å². The number of anilines is 2. The summed E-state index contributed by atoms with van der Waals surface area (Å²) in [5, 5.41) is 2.65. The van der Waals surface area contributed by atoms with Gasteiger partial charge < -0.3 is 10.2 Å². The standard InChI is InChI=1S/C23H26F4N4O3S/c1-15(17-6-9-19(18(24)14-17)30-35(2,33)34)28-21(32)11-8-16-7-10-20(23(25,26)27)29-22(16)31-12-4-3-5-13-31/h6-11,14-15,30H,3-5,12-13H2,1-2H3,(H,28,32). The van der Waals surface area contributed by atoms with Crippen LogP contribution in [0.2, 0.25) is 0 Å². The molecule has 1 aromatic carbocycles. The van der Waals surface area contributed by atoms with Gasteiger partial charge in [0.15, 0.2) is 0 Å². The van der Waals surface area contributed by atoms with Crippen LogP contribution in [-0.4, -0.2) is 38.7 Å². The highest BCUT2D eigenvalue weighted by Crippen LogP contribution is 2.32. The van der Waals surface area contributed by atoms with Gasteiger partial charge in [0.1, 0.15) is 17.3 Å². The number of sulfonamides is 1. The first-order valence-corrected chi connectivity index (χ1v) is 12.8. The maximum atomic E-state index is 14.2. The van der Waals surface area contributed by atoms with Crippen LogP contribution in [0.15, 0.2) is 36.4 Å². The van der Waals surface area contributed by atoms with E-state index < -0.39 is 39.7 Å². The number of pyridine rings is 1. The second-order valence-electron chi connectivity index (χ2n) is 8.33. The predicted octanol–water partition coefficient (Wildman–Crippen LogP) is 4.49. The number of carbonyl (C=O) groups is 1. The van der Waals surface area contributed by atoms with Gasteiger partial charge >= 0.3 is 6.18 Å². The van der Waals surface area contributed by atoms with Gasteiger partial charge in [0.05, 0.1) is 18.0 Å². The lowest BCUT2D eigenvalue weighted by molar-refractivity contribution is -0.141. The van der Waals surface area contributed by atoms with Gasteiger partial charge in [0.25, 0.3) is 0 Å². The average molecular weight is 515 g/mol. The zero-order valence-corrected chi connectivity index (χ0v) is 20.0. The van der Waals surface area contributed by atoms with E-state index in [1.807, 2.05) is 0 Å². The van der Waals surface area contributed by atoms with Crippen LogP contribution in [0, 0.1) is 5.82 Å². The Hall–Kier alpha value is -3.15. The number of hydrogen-bond acceptors (Lipinski definition) is 5. The van der Waals surface area contributed by atoms with Crippen LogP contribution >= 0.6 is 0 Å². The summed E-state index contributed by atoms with van der Waals surface area (Å²) in [4.78, 5) is 18.1. The Morgan fingerprint density at radius 3 is 2.43 bits per heavy atom. The zero-order chi connectivity index (χ0) is 25.8. The summed E-state index contributed by atoms with van der Waals surface area (Å²) >= 11 is 0. The van der Waals surface area contributed by atoms with E-state index in [4.69, 9.17) is 0 Å². The number of hydrogen-bond donors (Lipinski definition) is 2. The van der Waals surface area contributed by atoms with Crippen molar-refractivity contribution in [1.82, 2.24) is 10.3 Å². The summed E-state index contributed by atoms with van der Waals surface area (Å²) in [7, 11) is -3.65. The van der Waals surface area contributed by atoms with E-state index in [1.54, 1.807) is 11.8 Å². The maximum absolute atomic E-state index is 14.2. The Labute approximate surface area is 201 Å². The third kappa shape index (κ3) is 7.41. The molecule has 0 saturated carbocycles. The van der Waals surface area contributed by atoms with Crippen molar-refractivity contribution in [3.8, 4) is 0 Å². The number of nitrogens with one attached hydrogen (secondary N) is 2. The van der Waals surface area contributed by atoms with Crippen molar-refractivity contribution >= 4 is 33.5 Å². The topological polar surface area (TPSA) is 91.4 Å². The van der Waals surface area contributed by atoms with E-state index in [1.165, 1.54) is 30.4 Å². The molecule has 1 fully saturated rings. The number of piperidine rings is 1. The molecular formula is C23H26F4N4O3S. The quantitative estimate of drug-likeness (QED) is 0.420. The molecule has 0 bridgehead atoms. The number of alkyl halides is 3. The Morgan fingerprint density at radius 2 is 1.83 bits per heavy atom. The lowest BCUT2D eigenvalue weighted by atomic mass is 10.1. The van der Waals surface area contributed by atoms with Crippen molar-refractivity contribution in [1.29, 1.82) is 0 Å². The zero-order valence-electron chi connectivity index (χ0n) is 19.2.